The van der Waals surface area contributed by atoms with E-state index in [1.165, 1.54) is 0 Å². The van der Waals surface area contributed by atoms with Crippen molar-refractivity contribution >= 4 is 15.9 Å². The molecule has 1 atom stereocenters. The summed E-state index contributed by atoms with van der Waals surface area (Å²) in [5, 5.41) is 10.8. The second kappa shape index (κ2) is 7.71. The van der Waals surface area contributed by atoms with Crippen molar-refractivity contribution in [2.45, 2.75) is 18.6 Å². The van der Waals surface area contributed by atoms with Crippen molar-refractivity contribution in [3.05, 3.63) is 70.2 Å². The van der Waals surface area contributed by atoms with Crippen LogP contribution in [0.1, 0.15) is 17.5 Å². The van der Waals surface area contributed by atoms with Crippen molar-refractivity contribution in [3.63, 3.8) is 0 Å². The van der Waals surface area contributed by atoms with Gasteiger partial charge in [-0.05, 0) is 30.2 Å². The topological polar surface area (TPSA) is 55.5 Å². The van der Waals surface area contributed by atoms with Gasteiger partial charge in [0.15, 0.2) is 0 Å². The summed E-state index contributed by atoms with van der Waals surface area (Å²) in [6.07, 6.45) is 0.465. The summed E-state index contributed by atoms with van der Waals surface area (Å²) in [5.41, 5.74) is 6.48. The molecule has 2 aromatic rings. The number of hydrogen-bond acceptors (Lipinski definition) is 3. The van der Waals surface area contributed by atoms with Crippen LogP contribution < -0.4 is 5.73 Å². The summed E-state index contributed by atoms with van der Waals surface area (Å²) in [4.78, 5) is 0. The molecule has 0 saturated carbocycles. The lowest BCUT2D eigenvalue weighted by atomic mass is 9.91. The van der Waals surface area contributed by atoms with Crippen LogP contribution in [0.2, 0.25) is 0 Å². The van der Waals surface area contributed by atoms with E-state index in [9.17, 15) is 5.11 Å². The summed E-state index contributed by atoms with van der Waals surface area (Å²) in [6, 6.07) is 17.4. The molecule has 0 heterocycles. The molecule has 0 aliphatic rings. The number of hydrogen-bond donors (Lipinski definition) is 2. The largest absolute Gasteiger partial charge is 0.383 e. The zero-order valence-electron chi connectivity index (χ0n) is 11.8. The highest BCUT2D eigenvalue weighted by atomic mass is 79.9. The van der Waals surface area contributed by atoms with Crippen LogP contribution in [0.5, 0.6) is 0 Å². The number of nitrogens with two attached hydrogens (primary N) is 1. The Morgan fingerprint density at radius 2 is 1.71 bits per heavy atom. The number of ether oxygens (including phenoxy) is 1. The van der Waals surface area contributed by atoms with Crippen molar-refractivity contribution in [2.75, 3.05) is 13.2 Å². The van der Waals surface area contributed by atoms with E-state index in [0.29, 0.717) is 19.6 Å². The van der Waals surface area contributed by atoms with Crippen LogP contribution in [0.4, 0.5) is 0 Å². The molecule has 21 heavy (non-hydrogen) atoms. The highest BCUT2D eigenvalue weighted by Gasteiger charge is 2.28. The molecule has 0 aliphatic heterocycles. The molecule has 0 bridgehead atoms. The van der Waals surface area contributed by atoms with E-state index in [1.54, 1.807) is 0 Å². The predicted octanol–water partition coefficient (Wildman–Crippen LogP) is 3.20. The number of benzene rings is 2. The van der Waals surface area contributed by atoms with E-state index >= 15 is 0 Å². The van der Waals surface area contributed by atoms with Gasteiger partial charge in [0.1, 0.15) is 5.60 Å². The third-order valence-corrected chi connectivity index (χ3v) is 4.20. The van der Waals surface area contributed by atoms with Crippen LogP contribution in [-0.2, 0) is 16.9 Å². The first-order chi connectivity index (χ1) is 10.2. The fourth-order valence-electron chi connectivity index (χ4n) is 2.23. The molecule has 0 radical (unpaired) electrons. The minimum atomic E-state index is -1.04. The van der Waals surface area contributed by atoms with Crippen LogP contribution in [-0.4, -0.2) is 18.3 Å². The molecule has 3 nitrogen and oxygen atoms in total. The Labute approximate surface area is 133 Å². The lowest BCUT2D eigenvalue weighted by molar-refractivity contribution is -0.0603. The van der Waals surface area contributed by atoms with Crippen LogP contribution in [0.3, 0.4) is 0 Å². The van der Waals surface area contributed by atoms with Gasteiger partial charge in [-0.3, -0.25) is 0 Å². The fraction of sp³-hybridized carbons (Fsp3) is 0.294. The first-order valence-electron chi connectivity index (χ1n) is 6.95. The van der Waals surface area contributed by atoms with Crippen molar-refractivity contribution in [2.24, 2.45) is 5.73 Å². The molecule has 112 valence electrons. The molecule has 1 unspecified atom stereocenters. The second-order valence-corrected chi connectivity index (χ2v) is 5.87. The third kappa shape index (κ3) is 4.38. The third-order valence-electron chi connectivity index (χ3n) is 3.43. The fourth-order valence-corrected chi connectivity index (χ4v) is 2.63. The van der Waals surface area contributed by atoms with Crippen molar-refractivity contribution in [1.29, 1.82) is 0 Å². The first-order valence-corrected chi connectivity index (χ1v) is 7.74. The first kappa shape index (κ1) is 16.2. The molecule has 0 fully saturated rings. The maximum absolute atomic E-state index is 10.8. The zero-order chi connectivity index (χ0) is 15.1. The average Bonchev–Trinajstić information content (AvgIpc) is 2.50. The summed E-state index contributed by atoms with van der Waals surface area (Å²) < 4.78 is 6.74. The van der Waals surface area contributed by atoms with E-state index in [1.807, 2.05) is 54.6 Å². The molecule has 0 amide bonds. The number of aliphatic hydroxyl groups is 1. The zero-order valence-corrected chi connectivity index (χ0v) is 13.4. The lowest BCUT2D eigenvalue weighted by Crippen LogP contribution is -2.34. The van der Waals surface area contributed by atoms with E-state index in [-0.39, 0.29) is 6.61 Å². The molecule has 0 aromatic heterocycles. The van der Waals surface area contributed by atoms with Gasteiger partial charge in [0.25, 0.3) is 0 Å². The maximum Gasteiger partial charge on any atom is 0.114 e. The average molecular weight is 350 g/mol. The summed E-state index contributed by atoms with van der Waals surface area (Å²) >= 11 is 3.49. The smallest absolute Gasteiger partial charge is 0.114 e. The standard InChI is InChI=1S/C17H20BrNO2/c18-16-9-5-4-6-14(16)12-21-13-17(20,10-11-19)15-7-2-1-3-8-15/h1-9,20H,10-13,19H2. The second-order valence-electron chi connectivity index (χ2n) is 5.02. The Balaban J connectivity index is 2.02. The van der Waals surface area contributed by atoms with Gasteiger partial charge in [-0.1, -0.05) is 64.5 Å². The van der Waals surface area contributed by atoms with E-state index in [4.69, 9.17) is 10.5 Å². The van der Waals surface area contributed by atoms with Crippen LogP contribution in [0.25, 0.3) is 0 Å². The molecule has 2 rings (SSSR count). The van der Waals surface area contributed by atoms with Crippen molar-refractivity contribution < 1.29 is 9.84 Å². The van der Waals surface area contributed by atoms with Crippen LogP contribution in [0, 0.1) is 0 Å². The van der Waals surface area contributed by atoms with E-state index in [2.05, 4.69) is 15.9 Å². The Morgan fingerprint density at radius 3 is 2.38 bits per heavy atom. The number of halogens is 1. The van der Waals surface area contributed by atoms with Gasteiger partial charge in [0, 0.05) is 4.47 Å². The molecular weight excluding hydrogens is 330 g/mol. The molecule has 0 aliphatic carbocycles. The Kier molecular flexibility index (Phi) is 5.94. The summed E-state index contributed by atoms with van der Waals surface area (Å²) in [6.45, 7) is 1.07. The van der Waals surface area contributed by atoms with Gasteiger partial charge in [-0.15, -0.1) is 0 Å². The Hall–Kier alpha value is -1.20. The summed E-state index contributed by atoms with van der Waals surface area (Å²) in [7, 11) is 0. The highest BCUT2D eigenvalue weighted by molar-refractivity contribution is 9.10. The van der Waals surface area contributed by atoms with Crippen LogP contribution >= 0.6 is 15.9 Å². The quantitative estimate of drug-likeness (QED) is 0.806. The Morgan fingerprint density at radius 1 is 1.05 bits per heavy atom. The number of rotatable bonds is 7. The van der Waals surface area contributed by atoms with Gasteiger partial charge >= 0.3 is 0 Å². The van der Waals surface area contributed by atoms with Gasteiger partial charge in [0.05, 0.1) is 13.2 Å². The minimum absolute atomic E-state index is 0.218. The maximum atomic E-state index is 10.8. The predicted molar refractivity (Wildman–Crippen MR) is 87.8 cm³/mol. The van der Waals surface area contributed by atoms with Gasteiger partial charge < -0.3 is 15.6 Å². The molecule has 2 aromatic carbocycles. The molecule has 0 spiro atoms. The lowest BCUT2D eigenvalue weighted by Gasteiger charge is -2.28. The molecule has 4 heteroatoms. The molecular formula is C17H20BrNO2. The van der Waals surface area contributed by atoms with Gasteiger partial charge in [-0.2, -0.15) is 0 Å². The van der Waals surface area contributed by atoms with Gasteiger partial charge in [-0.25, -0.2) is 0 Å². The van der Waals surface area contributed by atoms with Crippen molar-refractivity contribution in [1.82, 2.24) is 0 Å². The van der Waals surface area contributed by atoms with Crippen LogP contribution in [0.15, 0.2) is 59.1 Å². The van der Waals surface area contributed by atoms with Crippen molar-refractivity contribution in [3.8, 4) is 0 Å². The SMILES string of the molecule is NCCC(O)(COCc1ccccc1Br)c1ccccc1. The highest BCUT2D eigenvalue weighted by Crippen LogP contribution is 2.26. The van der Waals surface area contributed by atoms with E-state index in [0.717, 1.165) is 15.6 Å². The molecule has 0 saturated heterocycles. The summed E-state index contributed by atoms with van der Waals surface area (Å²) in [5.74, 6) is 0. The van der Waals surface area contributed by atoms with Gasteiger partial charge in [0.2, 0.25) is 0 Å². The normalized spacial score (nSPS) is 13.9. The monoisotopic (exact) mass is 349 g/mol. The molecule has 3 N–H and O–H groups in total. The van der Waals surface area contributed by atoms with E-state index < -0.39 is 5.60 Å². The minimum Gasteiger partial charge on any atom is -0.383 e. The Bertz CT molecular complexity index is 562.